The highest BCUT2D eigenvalue weighted by molar-refractivity contribution is 5.48. The van der Waals surface area contributed by atoms with Crippen LogP contribution < -0.4 is 9.47 Å². The van der Waals surface area contributed by atoms with Gasteiger partial charge in [0.1, 0.15) is 23.9 Å². The fourth-order valence-corrected chi connectivity index (χ4v) is 7.63. The molecule has 0 radical (unpaired) electrons. The molecule has 4 aromatic carbocycles. The van der Waals surface area contributed by atoms with E-state index in [2.05, 4.69) is 67.8 Å². The summed E-state index contributed by atoms with van der Waals surface area (Å²) < 4.78 is 37.3. The van der Waals surface area contributed by atoms with Gasteiger partial charge in [0.25, 0.3) is 0 Å². The Hall–Kier alpha value is -4.18. The van der Waals surface area contributed by atoms with E-state index >= 15 is 0 Å². The zero-order chi connectivity index (χ0) is 33.3. The zero-order valence-electron chi connectivity index (χ0n) is 28.1. The maximum atomic E-state index is 13.8. The Labute approximate surface area is 280 Å². The van der Waals surface area contributed by atoms with E-state index in [4.69, 9.17) is 9.47 Å². The van der Waals surface area contributed by atoms with Crippen LogP contribution in [0.25, 0.3) is 0 Å². The molecule has 4 heteroatoms. The number of hydrogen-bond acceptors (Lipinski definition) is 2. The number of rotatable bonds is 7. The van der Waals surface area contributed by atoms with Crippen molar-refractivity contribution in [1.29, 1.82) is 0 Å². The number of ether oxygens (including phenoxy) is 2. The number of hydrogen-bond donors (Lipinski definition) is 0. The van der Waals surface area contributed by atoms with E-state index in [0.717, 1.165) is 54.6 Å². The standard InChI is InChI=1S/C38H37FO2.C3H5F.C2H6/c1-25-19-30-22-35(23-31(30)20-25)41-33-14-9-28(10-15-33)38-36(27-7-12-32(39)13-8-27)17-11-29-21-34(16-18-37(29)38)40-24-26-5-3-2-4-6-26;1-3(2)4;1-2/h2-10,12-16,18,21,30-31,35-36,38H,1,11,17,19-20,22-24H2;1H2,2H3;1-2H3/t30?,31?,35?,36?,38-;;/m0../s1. The van der Waals surface area contributed by atoms with E-state index in [0.29, 0.717) is 12.7 Å². The molecule has 3 aliphatic carbocycles. The predicted molar refractivity (Wildman–Crippen MR) is 189 cm³/mol. The third-order valence-electron chi connectivity index (χ3n) is 9.56. The lowest BCUT2D eigenvalue weighted by molar-refractivity contribution is 0.200. The van der Waals surface area contributed by atoms with E-state index in [-0.39, 0.29) is 23.5 Å². The summed E-state index contributed by atoms with van der Waals surface area (Å²) in [6, 6.07) is 32.7. The van der Waals surface area contributed by atoms with Gasteiger partial charge in [-0.2, -0.15) is 0 Å². The molecule has 0 heterocycles. The van der Waals surface area contributed by atoms with Gasteiger partial charge >= 0.3 is 0 Å². The summed E-state index contributed by atoms with van der Waals surface area (Å²) in [6.45, 7) is 13.0. The van der Waals surface area contributed by atoms with Crippen LogP contribution in [0, 0.1) is 17.7 Å². The highest BCUT2D eigenvalue weighted by Gasteiger charge is 2.40. The molecule has 0 N–H and O–H groups in total. The van der Waals surface area contributed by atoms with Crippen LogP contribution in [0.15, 0.2) is 122 Å². The van der Waals surface area contributed by atoms with Gasteiger partial charge in [0.05, 0.1) is 11.9 Å². The maximum absolute atomic E-state index is 13.8. The van der Waals surface area contributed by atoms with Gasteiger partial charge in [0.15, 0.2) is 0 Å². The Bertz CT molecular complexity index is 1590. The maximum Gasteiger partial charge on any atom is 0.123 e. The highest BCUT2D eigenvalue weighted by atomic mass is 19.1. The molecule has 3 aliphatic rings. The molecule has 2 fully saturated rings. The van der Waals surface area contributed by atoms with Gasteiger partial charge in [-0.15, -0.1) is 0 Å². The molecule has 0 aromatic heterocycles. The second-order valence-electron chi connectivity index (χ2n) is 12.9. The summed E-state index contributed by atoms with van der Waals surface area (Å²) in [5.41, 5.74) is 7.69. The van der Waals surface area contributed by atoms with Gasteiger partial charge in [-0.3, -0.25) is 0 Å². The van der Waals surface area contributed by atoms with Crippen molar-refractivity contribution in [3.63, 3.8) is 0 Å². The minimum absolute atomic E-state index is 0.179. The first-order chi connectivity index (χ1) is 22.8. The molecule has 0 aliphatic heterocycles. The normalized spacial score (nSPS) is 22.5. The molecule has 4 atom stereocenters. The molecule has 0 saturated heterocycles. The topological polar surface area (TPSA) is 18.5 Å². The predicted octanol–water partition coefficient (Wildman–Crippen LogP) is 11.9. The molecule has 0 bridgehead atoms. The van der Waals surface area contributed by atoms with Crippen molar-refractivity contribution < 1.29 is 18.3 Å². The largest absolute Gasteiger partial charge is 0.490 e. The molecule has 246 valence electrons. The minimum atomic E-state index is -0.333. The van der Waals surface area contributed by atoms with Crippen molar-refractivity contribution in [3.8, 4) is 11.5 Å². The Morgan fingerprint density at radius 3 is 2.04 bits per heavy atom. The summed E-state index contributed by atoms with van der Waals surface area (Å²) in [6.07, 6.45) is 6.91. The molecular formula is C43H48F2O2. The fraction of sp³-hybridized carbons (Fsp3) is 0.349. The number of benzene rings is 4. The van der Waals surface area contributed by atoms with Crippen LogP contribution in [0.2, 0.25) is 0 Å². The summed E-state index contributed by atoms with van der Waals surface area (Å²) in [7, 11) is 0. The molecule has 7 rings (SSSR count). The molecular weight excluding hydrogens is 586 g/mol. The lowest BCUT2D eigenvalue weighted by Crippen LogP contribution is -2.21. The molecule has 0 amide bonds. The van der Waals surface area contributed by atoms with Gasteiger partial charge in [0.2, 0.25) is 0 Å². The van der Waals surface area contributed by atoms with Crippen LogP contribution in [0.3, 0.4) is 0 Å². The lowest BCUT2D eigenvalue weighted by Gasteiger charge is -2.35. The molecule has 4 aromatic rings. The second kappa shape index (κ2) is 16.1. The van der Waals surface area contributed by atoms with Gasteiger partial charge in [-0.25, -0.2) is 8.78 Å². The quantitative estimate of drug-likeness (QED) is 0.188. The fourth-order valence-electron chi connectivity index (χ4n) is 7.63. The monoisotopic (exact) mass is 634 g/mol. The van der Waals surface area contributed by atoms with Crippen molar-refractivity contribution in [3.05, 3.63) is 155 Å². The van der Waals surface area contributed by atoms with Crippen molar-refractivity contribution in [2.75, 3.05) is 0 Å². The molecule has 47 heavy (non-hydrogen) atoms. The van der Waals surface area contributed by atoms with Gasteiger partial charge in [-0.05, 0) is 127 Å². The van der Waals surface area contributed by atoms with E-state index < -0.39 is 0 Å². The van der Waals surface area contributed by atoms with Crippen LogP contribution in [-0.4, -0.2) is 6.10 Å². The summed E-state index contributed by atoms with van der Waals surface area (Å²) in [4.78, 5) is 0. The Kier molecular flexibility index (Phi) is 11.7. The van der Waals surface area contributed by atoms with Crippen molar-refractivity contribution in [1.82, 2.24) is 0 Å². The van der Waals surface area contributed by atoms with Crippen LogP contribution in [0.5, 0.6) is 11.5 Å². The smallest absolute Gasteiger partial charge is 0.123 e. The minimum Gasteiger partial charge on any atom is -0.490 e. The van der Waals surface area contributed by atoms with E-state index in [1.807, 2.05) is 44.2 Å². The Morgan fingerprint density at radius 2 is 1.40 bits per heavy atom. The molecule has 2 nitrogen and oxygen atoms in total. The van der Waals surface area contributed by atoms with E-state index in [9.17, 15) is 8.78 Å². The highest BCUT2D eigenvalue weighted by Crippen LogP contribution is 2.49. The SMILES string of the molecule is C=C(C)F.C=C1CC2CC(Oc3ccc([C@@H]4c5ccc(OCc6ccccc6)cc5CCC4c4ccc(F)cc4)cc3)CC2C1.CC. The van der Waals surface area contributed by atoms with Crippen molar-refractivity contribution in [2.24, 2.45) is 11.8 Å². The van der Waals surface area contributed by atoms with Gasteiger partial charge in [0, 0.05) is 5.92 Å². The number of fused-ring (bicyclic) bond motifs is 2. The van der Waals surface area contributed by atoms with Crippen molar-refractivity contribution in [2.45, 2.75) is 83.8 Å². The lowest BCUT2D eigenvalue weighted by atomic mass is 9.69. The van der Waals surface area contributed by atoms with Crippen LogP contribution >= 0.6 is 0 Å². The Morgan fingerprint density at radius 1 is 0.809 bits per heavy atom. The van der Waals surface area contributed by atoms with Crippen LogP contribution in [0.1, 0.15) is 92.5 Å². The average molecular weight is 635 g/mol. The first-order valence-corrected chi connectivity index (χ1v) is 17.1. The number of aryl methyl sites for hydroxylation is 1. The van der Waals surface area contributed by atoms with Crippen molar-refractivity contribution >= 4 is 0 Å². The summed E-state index contributed by atoms with van der Waals surface area (Å²) >= 11 is 0. The summed E-state index contributed by atoms with van der Waals surface area (Å²) in [5, 5.41) is 0. The molecule has 3 unspecified atom stereocenters. The molecule has 0 spiro atoms. The zero-order valence-corrected chi connectivity index (χ0v) is 28.1. The van der Waals surface area contributed by atoms with Crippen LogP contribution in [0.4, 0.5) is 8.78 Å². The number of halogens is 2. The van der Waals surface area contributed by atoms with Crippen LogP contribution in [-0.2, 0) is 13.0 Å². The second-order valence-corrected chi connectivity index (χ2v) is 12.9. The summed E-state index contributed by atoms with van der Waals surface area (Å²) in [5.74, 6) is 3.29. The first-order valence-electron chi connectivity index (χ1n) is 17.1. The first kappa shape index (κ1) is 34.2. The van der Waals surface area contributed by atoms with E-state index in [1.54, 1.807) is 12.1 Å². The Balaban J connectivity index is 0.000000674. The van der Waals surface area contributed by atoms with E-state index in [1.165, 1.54) is 47.6 Å². The third-order valence-corrected chi connectivity index (χ3v) is 9.56. The van der Waals surface area contributed by atoms with Gasteiger partial charge in [-0.1, -0.05) is 93.2 Å². The van der Waals surface area contributed by atoms with Gasteiger partial charge < -0.3 is 9.47 Å². The average Bonchev–Trinajstić information content (AvgIpc) is 3.61. The third kappa shape index (κ3) is 8.80. The number of allylic oxidation sites excluding steroid dienone is 2. The molecule has 2 saturated carbocycles.